The maximum absolute atomic E-state index is 12.9. The second kappa shape index (κ2) is 9.22. The molecule has 1 fully saturated rings. The summed E-state index contributed by atoms with van der Waals surface area (Å²) in [5.41, 5.74) is 6.46. The number of hydrogen-bond donors (Lipinski definition) is 1. The highest BCUT2D eigenvalue weighted by atomic mass is 32.2. The molecule has 1 aromatic carbocycles. The minimum Gasteiger partial charge on any atom is -0.369 e. The van der Waals surface area contributed by atoms with Gasteiger partial charge in [-0.05, 0) is 67.8 Å². The van der Waals surface area contributed by atoms with E-state index in [9.17, 15) is 13.2 Å². The maximum atomic E-state index is 12.9. The average molecular weight is 435 g/mol. The van der Waals surface area contributed by atoms with Gasteiger partial charge in [0.15, 0.2) is 21.5 Å². The summed E-state index contributed by atoms with van der Waals surface area (Å²) in [6.45, 7) is 7.53. The van der Waals surface area contributed by atoms with Crippen LogP contribution in [0.1, 0.15) is 50.5 Å². The van der Waals surface area contributed by atoms with E-state index < -0.39 is 9.84 Å². The molecular formula is C20H30N6O3S. The Hall–Kier alpha value is -2.33. The Morgan fingerprint density at radius 2 is 1.83 bits per heavy atom. The van der Waals surface area contributed by atoms with Crippen molar-refractivity contribution in [1.29, 1.82) is 0 Å². The van der Waals surface area contributed by atoms with E-state index in [0.717, 1.165) is 12.0 Å². The molecule has 0 aliphatic carbocycles. The van der Waals surface area contributed by atoms with Crippen LogP contribution < -0.4 is 5.73 Å². The van der Waals surface area contributed by atoms with E-state index in [0.29, 0.717) is 37.7 Å². The molecule has 2 aromatic rings. The number of carbonyl (C=O) groups is 1. The highest BCUT2D eigenvalue weighted by Gasteiger charge is 2.32. The molecule has 1 aromatic heterocycles. The molecule has 0 radical (unpaired) electrons. The van der Waals surface area contributed by atoms with Crippen molar-refractivity contribution < 1.29 is 13.2 Å². The van der Waals surface area contributed by atoms with E-state index >= 15 is 0 Å². The summed E-state index contributed by atoms with van der Waals surface area (Å²) < 4.78 is 27.2. The summed E-state index contributed by atoms with van der Waals surface area (Å²) in [7, 11) is -3.59. The highest BCUT2D eigenvalue weighted by molar-refractivity contribution is 7.90. The van der Waals surface area contributed by atoms with Gasteiger partial charge in [0.05, 0.1) is 10.9 Å². The van der Waals surface area contributed by atoms with E-state index in [2.05, 4.69) is 34.3 Å². The van der Waals surface area contributed by atoms with Gasteiger partial charge in [-0.3, -0.25) is 9.69 Å². The SMILES string of the molecule is Cc1ccc(S(=O)(=O)Cn2nnnc2[C@@H](CC(C)C)N2CCC(C(N)=O)CC2)cc1. The minimum absolute atomic E-state index is 0.112. The highest BCUT2D eigenvalue weighted by Crippen LogP contribution is 2.31. The third-order valence-corrected chi connectivity index (χ3v) is 7.17. The first kappa shape index (κ1) is 22.4. The van der Waals surface area contributed by atoms with E-state index in [-0.39, 0.29) is 28.6 Å². The number of carbonyl (C=O) groups excluding carboxylic acids is 1. The number of tetrazole rings is 1. The fraction of sp³-hybridized carbons (Fsp3) is 0.600. The Balaban J connectivity index is 1.84. The summed E-state index contributed by atoms with van der Waals surface area (Å²) >= 11 is 0. The lowest BCUT2D eigenvalue weighted by atomic mass is 9.93. The summed E-state index contributed by atoms with van der Waals surface area (Å²) in [5, 5.41) is 12.0. The van der Waals surface area contributed by atoms with Crippen molar-refractivity contribution in [3.05, 3.63) is 35.7 Å². The molecular weight excluding hydrogens is 404 g/mol. The molecule has 1 atom stereocenters. The zero-order valence-electron chi connectivity index (χ0n) is 17.7. The monoisotopic (exact) mass is 434 g/mol. The molecule has 0 saturated carbocycles. The molecule has 1 aliphatic rings. The van der Waals surface area contributed by atoms with Gasteiger partial charge in [0.25, 0.3) is 0 Å². The predicted octanol–water partition coefficient (Wildman–Crippen LogP) is 1.70. The molecule has 0 unspecified atom stereocenters. The van der Waals surface area contributed by atoms with Gasteiger partial charge >= 0.3 is 0 Å². The minimum atomic E-state index is -3.59. The number of hydrogen-bond acceptors (Lipinski definition) is 7. The Morgan fingerprint density at radius 3 is 2.40 bits per heavy atom. The largest absolute Gasteiger partial charge is 0.369 e. The van der Waals surface area contributed by atoms with Crippen LogP contribution >= 0.6 is 0 Å². The zero-order chi connectivity index (χ0) is 21.9. The Labute approximate surface area is 177 Å². The Bertz CT molecular complexity index is 963. The van der Waals surface area contributed by atoms with Crippen LogP contribution in [0.5, 0.6) is 0 Å². The quantitative estimate of drug-likeness (QED) is 0.670. The second-order valence-electron chi connectivity index (χ2n) is 8.45. The smallest absolute Gasteiger partial charge is 0.220 e. The first-order valence-corrected chi connectivity index (χ1v) is 11.9. The number of likely N-dealkylation sites (tertiary alicyclic amines) is 1. The molecule has 2 heterocycles. The Morgan fingerprint density at radius 1 is 1.20 bits per heavy atom. The molecule has 0 bridgehead atoms. The van der Waals surface area contributed by atoms with E-state index in [4.69, 9.17) is 5.73 Å². The third-order valence-electron chi connectivity index (χ3n) is 5.60. The van der Waals surface area contributed by atoms with Crippen LogP contribution in [0.4, 0.5) is 0 Å². The van der Waals surface area contributed by atoms with Gasteiger partial charge < -0.3 is 5.73 Å². The van der Waals surface area contributed by atoms with Crippen molar-refractivity contribution in [2.45, 2.75) is 56.8 Å². The predicted molar refractivity (Wildman–Crippen MR) is 112 cm³/mol. The lowest BCUT2D eigenvalue weighted by molar-refractivity contribution is -0.123. The van der Waals surface area contributed by atoms with E-state index in [1.807, 2.05) is 6.92 Å². The number of sulfone groups is 1. The second-order valence-corrected chi connectivity index (χ2v) is 10.4. The lowest BCUT2D eigenvalue weighted by Gasteiger charge is -2.36. The zero-order valence-corrected chi connectivity index (χ0v) is 18.5. The molecule has 10 heteroatoms. The van der Waals surface area contributed by atoms with Crippen molar-refractivity contribution >= 4 is 15.7 Å². The van der Waals surface area contributed by atoms with Crippen LogP contribution in [0.2, 0.25) is 0 Å². The van der Waals surface area contributed by atoms with E-state index in [1.54, 1.807) is 24.3 Å². The number of aromatic nitrogens is 4. The topological polar surface area (TPSA) is 124 Å². The summed E-state index contributed by atoms with van der Waals surface area (Å²) in [5.74, 6) is 0.215. The molecule has 9 nitrogen and oxygen atoms in total. The lowest BCUT2D eigenvalue weighted by Crippen LogP contribution is -2.41. The fourth-order valence-corrected chi connectivity index (χ4v) is 5.09. The molecule has 164 valence electrons. The van der Waals surface area contributed by atoms with Crippen LogP contribution in [-0.4, -0.2) is 52.5 Å². The summed E-state index contributed by atoms with van der Waals surface area (Å²) in [6, 6.07) is 6.64. The standard InChI is InChI=1S/C20H30N6O3S/c1-14(2)12-18(25-10-8-16(9-11-25)19(21)27)20-22-23-24-26(20)13-30(28,29)17-6-4-15(3)5-7-17/h4-7,14,16,18H,8-13H2,1-3H3,(H2,21,27)/t18-/m1/s1. The van der Waals surface area contributed by atoms with Gasteiger partial charge in [-0.15, -0.1) is 5.10 Å². The number of benzene rings is 1. The normalized spacial score (nSPS) is 17.3. The first-order chi connectivity index (χ1) is 14.2. The number of amides is 1. The molecule has 0 spiro atoms. The number of nitrogens with zero attached hydrogens (tertiary/aromatic N) is 5. The van der Waals surface area contributed by atoms with Gasteiger partial charge in [-0.1, -0.05) is 31.5 Å². The summed E-state index contributed by atoms with van der Waals surface area (Å²) in [4.78, 5) is 14.0. The van der Waals surface area contributed by atoms with Crippen LogP contribution in [0.3, 0.4) is 0 Å². The first-order valence-electron chi connectivity index (χ1n) is 10.3. The van der Waals surface area contributed by atoms with Gasteiger partial charge in [0, 0.05) is 5.92 Å². The van der Waals surface area contributed by atoms with Crippen molar-refractivity contribution in [1.82, 2.24) is 25.1 Å². The average Bonchev–Trinajstić information content (AvgIpc) is 3.13. The van der Waals surface area contributed by atoms with Crippen molar-refractivity contribution in [3.8, 4) is 0 Å². The summed E-state index contributed by atoms with van der Waals surface area (Å²) in [6.07, 6.45) is 2.16. The number of aryl methyl sites for hydroxylation is 1. The van der Waals surface area contributed by atoms with Crippen molar-refractivity contribution in [2.75, 3.05) is 13.1 Å². The molecule has 3 rings (SSSR count). The van der Waals surface area contributed by atoms with Crippen LogP contribution in [-0.2, 0) is 20.5 Å². The van der Waals surface area contributed by atoms with E-state index in [1.165, 1.54) is 4.68 Å². The molecule has 1 amide bonds. The number of rotatable bonds is 8. The van der Waals surface area contributed by atoms with Crippen LogP contribution in [0.15, 0.2) is 29.2 Å². The fourth-order valence-electron chi connectivity index (χ4n) is 3.88. The van der Waals surface area contributed by atoms with Crippen LogP contribution in [0, 0.1) is 18.8 Å². The Kier molecular flexibility index (Phi) is 6.87. The maximum Gasteiger partial charge on any atom is 0.220 e. The van der Waals surface area contributed by atoms with Gasteiger partial charge in [-0.2, -0.15) is 0 Å². The van der Waals surface area contributed by atoms with Crippen molar-refractivity contribution in [2.24, 2.45) is 17.6 Å². The number of nitrogens with two attached hydrogens (primary N) is 1. The van der Waals surface area contributed by atoms with Gasteiger partial charge in [-0.25, -0.2) is 13.1 Å². The van der Waals surface area contributed by atoms with Gasteiger partial charge in [0.1, 0.15) is 0 Å². The molecule has 30 heavy (non-hydrogen) atoms. The van der Waals surface area contributed by atoms with Crippen LogP contribution in [0.25, 0.3) is 0 Å². The molecule has 1 aliphatic heterocycles. The molecule has 2 N–H and O–H groups in total. The molecule has 1 saturated heterocycles. The van der Waals surface area contributed by atoms with Crippen molar-refractivity contribution in [3.63, 3.8) is 0 Å². The van der Waals surface area contributed by atoms with Gasteiger partial charge in [0.2, 0.25) is 5.91 Å². The third kappa shape index (κ3) is 5.23. The number of primary amides is 1. The number of piperidine rings is 1.